The van der Waals surface area contributed by atoms with Gasteiger partial charge in [0.05, 0.1) is 17.4 Å². The van der Waals surface area contributed by atoms with Gasteiger partial charge in [0.25, 0.3) is 14.1 Å². The summed E-state index contributed by atoms with van der Waals surface area (Å²) in [6.45, 7) is 1.96. The van der Waals surface area contributed by atoms with Gasteiger partial charge in [-0.25, -0.2) is 0 Å². The van der Waals surface area contributed by atoms with Crippen LogP contribution < -0.4 is 0 Å². The van der Waals surface area contributed by atoms with E-state index in [4.69, 9.17) is 0 Å². The quantitative estimate of drug-likeness (QED) is 0.672. The number of hydrogen-bond acceptors (Lipinski definition) is 2. The predicted octanol–water partition coefficient (Wildman–Crippen LogP) is 2.64. The molecule has 2 heterocycles. The molecule has 0 atom stereocenters. The van der Waals surface area contributed by atoms with Crippen molar-refractivity contribution in [3.63, 3.8) is 0 Å². The minimum Gasteiger partial charge on any atom is -0.276 e. The molecule has 2 rings (SSSR count). The number of aromatic amines is 1. The molecule has 0 unspecified atom stereocenters. The number of hydrogen-bond donors (Lipinski definition) is 1. The smallest absolute Gasteiger partial charge is 0.251 e. The lowest BCUT2D eigenvalue weighted by Gasteiger charge is -1.90. The molecule has 0 saturated carbocycles. The van der Waals surface area contributed by atoms with Gasteiger partial charge in [0.1, 0.15) is 0 Å². The third-order valence-electron chi connectivity index (χ3n) is 1.55. The van der Waals surface area contributed by atoms with Crippen molar-refractivity contribution < 1.29 is 0 Å². The third kappa shape index (κ3) is 3.13. The van der Waals surface area contributed by atoms with Crippen molar-refractivity contribution in [1.82, 2.24) is 15.2 Å². The predicted molar refractivity (Wildman–Crippen MR) is 62.0 cm³/mol. The molecule has 14 heavy (non-hydrogen) atoms. The standard InChI is InChI=1S/C7H7N3.3CH3.Al/c1-5-7-6(2-3-8-5)4-9-10-7;;;;/h2-4H,1H3,(H,9,10);3*1H3;. The Balaban J connectivity index is 0.000000213. The van der Waals surface area contributed by atoms with E-state index in [1.54, 1.807) is 12.4 Å². The van der Waals surface area contributed by atoms with Crippen LogP contribution in [-0.2, 0) is 0 Å². The van der Waals surface area contributed by atoms with Crippen LogP contribution >= 0.6 is 0 Å². The van der Waals surface area contributed by atoms with Gasteiger partial charge in [-0.15, -0.1) is 17.4 Å². The first-order valence-electron chi connectivity index (χ1n) is 4.86. The number of aryl methyl sites for hydroxylation is 1. The summed E-state index contributed by atoms with van der Waals surface area (Å²) in [6.07, 6.45) is 3.58. The maximum Gasteiger partial charge on any atom is 0.251 e. The van der Waals surface area contributed by atoms with E-state index in [1.165, 1.54) is 0 Å². The van der Waals surface area contributed by atoms with Crippen molar-refractivity contribution in [1.29, 1.82) is 0 Å². The molecular weight excluding hydrogens is 189 g/mol. The van der Waals surface area contributed by atoms with Gasteiger partial charge in [-0.05, 0) is 13.0 Å². The van der Waals surface area contributed by atoms with Crippen LogP contribution in [0, 0.1) is 6.92 Å². The fourth-order valence-corrected chi connectivity index (χ4v) is 1.01. The lowest BCUT2D eigenvalue weighted by molar-refractivity contribution is 1.10. The number of H-pyrrole nitrogens is 1. The molecule has 2 aromatic heterocycles. The Morgan fingerprint density at radius 2 is 1.93 bits per heavy atom. The van der Waals surface area contributed by atoms with E-state index in [1.807, 2.05) is 13.0 Å². The average molecular weight is 205 g/mol. The first kappa shape index (κ1) is 11.2. The molecule has 2 aromatic rings. The van der Waals surface area contributed by atoms with Crippen molar-refractivity contribution in [3.8, 4) is 0 Å². The normalized spacial score (nSPS) is 9.43. The summed E-state index contributed by atoms with van der Waals surface area (Å²) < 4.78 is 0. The molecule has 0 bridgehead atoms. The largest absolute Gasteiger partial charge is 0.276 e. The second-order valence-electron chi connectivity index (χ2n) is 3.96. The number of rotatable bonds is 0. The first-order chi connectivity index (χ1) is 6.61. The van der Waals surface area contributed by atoms with E-state index >= 15 is 0 Å². The molecular formula is C10H16AlN3. The summed E-state index contributed by atoms with van der Waals surface area (Å²) in [5, 5.41) is 7.89. The highest BCUT2D eigenvalue weighted by Gasteiger charge is 1.96. The average Bonchev–Trinajstić information content (AvgIpc) is 2.52. The van der Waals surface area contributed by atoms with Crippen LogP contribution in [0.4, 0.5) is 0 Å². The highest BCUT2D eigenvalue weighted by molar-refractivity contribution is 6.54. The molecule has 0 amide bonds. The number of nitrogens with zero attached hydrogens (tertiary/aromatic N) is 2. The van der Waals surface area contributed by atoms with Gasteiger partial charge in [-0.2, -0.15) is 5.10 Å². The molecule has 0 aliphatic carbocycles. The fraction of sp³-hybridized carbons (Fsp3) is 0.400. The van der Waals surface area contributed by atoms with Crippen LogP contribution in [0.25, 0.3) is 10.9 Å². The molecule has 0 spiro atoms. The molecule has 4 heteroatoms. The van der Waals surface area contributed by atoms with Gasteiger partial charge in [-0.3, -0.25) is 10.1 Å². The summed E-state index contributed by atoms with van der Waals surface area (Å²) in [7, 11) is 0. The minimum absolute atomic E-state index is 0.139. The lowest BCUT2D eigenvalue weighted by atomic mass is 10.3. The Morgan fingerprint density at radius 3 is 2.50 bits per heavy atom. The highest BCUT2D eigenvalue weighted by Crippen LogP contribution is 2.10. The van der Waals surface area contributed by atoms with Crippen molar-refractivity contribution in [3.05, 3.63) is 24.2 Å². The number of aromatic nitrogens is 3. The van der Waals surface area contributed by atoms with Gasteiger partial charge in [0.15, 0.2) is 0 Å². The van der Waals surface area contributed by atoms with Crippen LogP contribution in [0.1, 0.15) is 5.69 Å². The second kappa shape index (κ2) is 5.14. The Morgan fingerprint density at radius 1 is 1.29 bits per heavy atom. The van der Waals surface area contributed by atoms with Crippen LogP contribution in [-0.4, -0.2) is 29.3 Å². The van der Waals surface area contributed by atoms with E-state index in [-0.39, 0.29) is 14.1 Å². The van der Waals surface area contributed by atoms with Crippen molar-refractivity contribution in [2.75, 3.05) is 0 Å². The molecule has 0 aliphatic rings. The van der Waals surface area contributed by atoms with Gasteiger partial charge >= 0.3 is 0 Å². The van der Waals surface area contributed by atoms with Gasteiger partial charge in [0.2, 0.25) is 0 Å². The van der Waals surface area contributed by atoms with E-state index in [2.05, 4.69) is 32.5 Å². The SMILES string of the molecule is Cc1nccc2cn[nH]c12.[CH3][Al]([CH3])[CH3]. The zero-order valence-electron chi connectivity index (χ0n) is 9.20. The van der Waals surface area contributed by atoms with Gasteiger partial charge < -0.3 is 0 Å². The molecule has 0 radical (unpaired) electrons. The van der Waals surface area contributed by atoms with Gasteiger partial charge in [0, 0.05) is 11.6 Å². The molecule has 74 valence electrons. The van der Waals surface area contributed by atoms with Crippen molar-refractivity contribution in [2.24, 2.45) is 0 Å². The van der Waals surface area contributed by atoms with Crippen molar-refractivity contribution >= 4 is 25.1 Å². The van der Waals surface area contributed by atoms with Gasteiger partial charge in [-0.1, -0.05) is 0 Å². The summed E-state index contributed by atoms with van der Waals surface area (Å²) in [5.74, 6) is 6.92. The number of fused-ring (bicyclic) bond motifs is 1. The Bertz CT molecular complexity index is 392. The molecule has 3 nitrogen and oxygen atoms in total. The molecule has 0 aromatic carbocycles. The fourth-order valence-electron chi connectivity index (χ4n) is 1.01. The van der Waals surface area contributed by atoms with E-state index in [0.717, 1.165) is 16.6 Å². The minimum atomic E-state index is -0.139. The lowest BCUT2D eigenvalue weighted by Crippen LogP contribution is -1.84. The molecule has 0 saturated heterocycles. The molecule has 0 fully saturated rings. The van der Waals surface area contributed by atoms with E-state index in [9.17, 15) is 0 Å². The Labute approximate surface area is 88.9 Å². The van der Waals surface area contributed by atoms with Crippen LogP contribution in [0.2, 0.25) is 17.4 Å². The summed E-state index contributed by atoms with van der Waals surface area (Å²) in [4.78, 5) is 4.11. The third-order valence-corrected chi connectivity index (χ3v) is 1.55. The monoisotopic (exact) mass is 205 g/mol. The molecule has 0 aliphatic heterocycles. The second-order valence-corrected chi connectivity index (χ2v) is 7.43. The summed E-state index contributed by atoms with van der Waals surface area (Å²) in [6, 6.07) is 1.94. The topological polar surface area (TPSA) is 41.6 Å². The number of pyridine rings is 1. The van der Waals surface area contributed by atoms with E-state index < -0.39 is 0 Å². The highest BCUT2D eigenvalue weighted by atomic mass is 27.2. The Kier molecular flexibility index (Phi) is 4.12. The van der Waals surface area contributed by atoms with Crippen LogP contribution in [0.15, 0.2) is 18.5 Å². The zero-order chi connectivity index (χ0) is 10.6. The first-order valence-corrected chi connectivity index (χ1v) is 8.32. The Hall–Kier alpha value is -0.848. The zero-order valence-corrected chi connectivity index (χ0v) is 10.4. The van der Waals surface area contributed by atoms with Crippen molar-refractivity contribution in [2.45, 2.75) is 24.3 Å². The molecule has 1 N–H and O–H groups in total. The maximum absolute atomic E-state index is 4.11. The van der Waals surface area contributed by atoms with E-state index in [0.29, 0.717) is 0 Å². The summed E-state index contributed by atoms with van der Waals surface area (Å²) in [5.41, 5.74) is 2.03. The number of nitrogens with one attached hydrogen (secondary N) is 1. The summed E-state index contributed by atoms with van der Waals surface area (Å²) >= 11 is -0.139. The maximum atomic E-state index is 4.11. The van der Waals surface area contributed by atoms with Crippen LogP contribution in [0.3, 0.4) is 0 Å². The van der Waals surface area contributed by atoms with Crippen LogP contribution in [0.5, 0.6) is 0 Å².